The van der Waals surface area contributed by atoms with Crippen LogP contribution in [0.1, 0.15) is 32.4 Å². The molecule has 84 valence electrons. The van der Waals surface area contributed by atoms with Crippen LogP contribution in [0.3, 0.4) is 0 Å². The minimum absolute atomic E-state index is 0.181. The lowest BCUT2D eigenvalue weighted by Gasteiger charge is -2.15. The van der Waals surface area contributed by atoms with Gasteiger partial charge in [0.2, 0.25) is 0 Å². The normalized spacial score (nSPS) is 13.1. The zero-order valence-electron chi connectivity index (χ0n) is 9.46. The molecule has 0 spiro atoms. The number of rotatable bonds is 5. The number of hydroxylamine groups is 1. The minimum Gasteiger partial charge on any atom is -0.301 e. The van der Waals surface area contributed by atoms with Crippen LogP contribution in [0.4, 0.5) is 0 Å². The van der Waals surface area contributed by atoms with Gasteiger partial charge in [-0.3, -0.25) is 0 Å². The van der Waals surface area contributed by atoms with E-state index in [-0.39, 0.29) is 6.04 Å². The van der Waals surface area contributed by atoms with Crippen LogP contribution in [0.15, 0.2) is 24.3 Å². The molecule has 0 bridgehead atoms. The van der Waals surface area contributed by atoms with Crippen molar-refractivity contribution in [3.63, 3.8) is 0 Å². The van der Waals surface area contributed by atoms with Crippen LogP contribution in [0, 0.1) is 5.92 Å². The second-order valence-electron chi connectivity index (χ2n) is 4.10. The van der Waals surface area contributed by atoms with E-state index in [4.69, 9.17) is 16.4 Å². The first-order valence-electron chi connectivity index (χ1n) is 5.22. The Morgan fingerprint density at radius 1 is 1.20 bits per heavy atom. The molecule has 0 aliphatic carbocycles. The van der Waals surface area contributed by atoms with Crippen LogP contribution in [-0.2, 0) is 4.84 Å². The highest BCUT2D eigenvalue weighted by Gasteiger charge is 2.04. The number of hydrogen-bond acceptors (Lipinski definition) is 2. The Balaban J connectivity index is 2.40. The molecule has 2 nitrogen and oxygen atoms in total. The topological polar surface area (TPSA) is 21.3 Å². The van der Waals surface area contributed by atoms with Gasteiger partial charge in [-0.1, -0.05) is 37.6 Å². The molecule has 15 heavy (non-hydrogen) atoms. The Morgan fingerprint density at radius 2 is 1.80 bits per heavy atom. The fourth-order valence-electron chi connectivity index (χ4n) is 1.16. The Kier molecular flexibility index (Phi) is 5.09. The van der Waals surface area contributed by atoms with Gasteiger partial charge >= 0.3 is 0 Å². The number of hydrogen-bond donors (Lipinski definition) is 1. The maximum atomic E-state index is 5.81. The van der Waals surface area contributed by atoms with E-state index in [1.54, 1.807) is 0 Å². The molecular formula is C12H18ClNO. The predicted octanol–water partition coefficient (Wildman–Crippen LogP) is 3.58. The molecule has 0 amide bonds. The quantitative estimate of drug-likeness (QED) is 0.777. The maximum absolute atomic E-state index is 5.81. The molecule has 0 aliphatic heterocycles. The number of benzene rings is 1. The number of nitrogens with one attached hydrogen (secondary N) is 1. The fraction of sp³-hybridized carbons (Fsp3) is 0.500. The first-order valence-corrected chi connectivity index (χ1v) is 5.60. The van der Waals surface area contributed by atoms with Gasteiger partial charge in [0, 0.05) is 5.02 Å². The summed E-state index contributed by atoms with van der Waals surface area (Å²) in [5, 5.41) is 0.758. The average Bonchev–Trinajstić information content (AvgIpc) is 2.18. The van der Waals surface area contributed by atoms with Crippen molar-refractivity contribution >= 4 is 11.6 Å². The van der Waals surface area contributed by atoms with Gasteiger partial charge in [-0.2, -0.15) is 5.48 Å². The largest absolute Gasteiger partial charge is 0.301 e. The van der Waals surface area contributed by atoms with Crippen molar-refractivity contribution in [3.8, 4) is 0 Å². The van der Waals surface area contributed by atoms with Crippen molar-refractivity contribution in [2.45, 2.75) is 26.8 Å². The minimum atomic E-state index is 0.181. The summed E-state index contributed by atoms with van der Waals surface area (Å²) in [5.74, 6) is 0.537. The maximum Gasteiger partial charge on any atom is 0.0705 e. The molecule has 0 aromatic heterocycles. The van der Waals surface area contributed by atoms with E-state index >= 15 is 0 Å². The molecule has 0 heterocycles. The van der Waals surface area contributed by atoms with Crippen molar-refractivity contribution in [3.05, 3.63) is 34.9 Å². The number of halogens is 1. The Labute approximate surface area is 96.5 Å². The summed E-state index contributed by atoms with van der Waals surface area (Å²) in [5.41, 5.74) is 4.18. The zero-order chi connectivity index (χ0) is 11.3. The van der Waals surface area contributed by atoms with E-state index in [9.17, 15) is 0 Å². The van der Waals surface area contributed by atoms with E-state index in [0.29, 0.717) is 5.92 Å². The molecule has 1 unspecified atom stereocenters. The van der Waals surface area contributed by atoms with Crippen molar-refractivity contribution in [1.82, 2.24) is 5.48 Å². The molecule has 1 aromatic rings. The van der Waals surface area contributed by atoms with E-state index < -0.39 is 0 Å². The standard InChI is InChI=1S/C12H18ClNO/c1-9(2)8-15-14-10(3)11-4-6-12(13)7-5-11/h4-7,9-10,14H,8H2,1-3H3. The van der Waals surface area contributed by atoms with E-state index in [1.807, 2.05) is 24.3 Å². The third-order valence-corrected chi connectivity index (χ3v) is 2.30. The predicted molar refractivity (Wildman–Crippen MR) is 63.8 cm³/mol. The van der Waals surface area contributed by atoms with Crippen molar-refractivity contribution in [2.75, 3.05) is 6.61 Å². The van der Waals surface area contributed by atoms with Gasteiger partial charge < -0.3 is 4.84 Å². The summed E-state index contributed by atoms with van der Waals surface area (Å²) in [6.45, 7) is 7.02. The molecule has 1 N–H and O–H groups in total. The molecule has 1 aromatic carbocycles. The van der Waals surface area contributed by atoms with E-state index in [2.05, 4.69) is 26.3 Å². The van der Waals surface area contributed by atoms with Crippen molar-refractivity contribution in [2.24, 2.45) is 5.92 Å². The lowest BCUT2D eigenvalue weighted by Crippen LogP contribution is -2.21. The third-order valence-electron chi connectivity index (χ3n) is 2.05. The average molecular weight is 228 g/mol. The van der Waals surface area contributed by atoms with Crippen molar-refractivity contribution in [1.29, 1.82) is 0 Å². The highest BCUT2D eigenvalue weighted by Crippen LogP contribution is 2.15. The molecule has 1 rings (SSSR count). The van der Waals surface area contributed by atoms with Crippen LogP contribution in [0.25, 0.3) is 0 Å². The Bertz CT molecular complexity index is 284. The molecule has 0 saturated carbocycles. The van der Waals surface area contributed by atoms with Gasteiger partial charge in [-0.15, -0.1) is 0 Å². The SMILES string of the molecule is CC(C)CONC(C)c1ccc(Cl)cc1. The molecule has 0 fully saturated rings. The highest BCUT2D eigenvalue weighted by atomic mass is 35.5. The monoisotopic (exact) mass is 227 g/mol. The van der Waals surface area contributed by atoms with Crippen LogP contribution in [0.5, 0.6) is 0 Å². The highest BCUT2D eigenvalue weighted by molar-refractivity contribution is 6.30. The van der Waals surface area contributed by atoms with Gasteiger partial charge in [0.15, 0.2) is 0 Å². The lowest BCUT2D eigenvalue weighted by atomic mass is 10.1. The van der Waals surface area contributed by atoms with Crippen LogP contribution >= 0.6 is 11.6 Å². The van der Waals surface area contributed by atoms with Gasteiger partial charge in [-0.05, 0) is 30.5 Å². The zero-order valence-corrected chi connectivity index (χ0v) is 10.2. The van der Waals surface area contributed by atoms with Crippen molar-refractivity contribution < 1.29 is 4.84 Å². The molecular weight excluding hydrogens is 210 g/mol. The first-order chi connectivity index (χ1) is 7.09. The van der Waals surface area contributed by atoms with Crippen LogP contribution < -0.4 is 5.48 Å². The van der Waals surface area contributed by atoms with Gasteiger partial charge in [0.05, 0.1) is 12.6 Å². The Hall–Kier alpha value is -0.570. The second-order valence-corrected chi connectivity index (χ2v) is 4.53. The Morgan fingerprint density at radius 3 is 2.33 bits per heavy atom. The summed E-state index contributed by atoms with van der Waals surface area (Å²) in [4.78, 5) is 5.36. The molecule has 3 heteroatoms. The second kappa shape index (κ2) is 6.11. The summed E-state index contributed by atoms with van der Waals surface area (Å²) < 4.78 is 0. The van der Waals surface area contributed by atoms with Crippen LogP contribution in [0.2, 0.25) is 5.02 Å². The fourth-order valence-corrected chi connectivity index (χ4v) is 1.29. The summed E-state index contributed by atoms with van der Waals surface area (Å²) in [6, 6.07) is 7.95. The van der Waals surface area contributed by atoms with Gasteiger partial charge in [-0.25, -0.2) is 0 Å². The third kappa shape index (κ3) is 4.65. The van der Waals surface area contributed by atoms with Crippen LogP contribution in [-0.4, -0.2) is 6.61 Å². The first kappa shape index (κ1) is 12.5. The smallest absolute Gasteiger partial charge is 0.0705 e. The van der Waals surface area contributed by atoms with Gasteiger partial charge in [0.1, 0.15) is 0 Å². The summed E-state index contributed by atoms with van der Waals surface area (Å²) in [6.07, 6.45) is 0. The van der Waals surface area contributed by atoms with E-state index in [0.717, 1.165) is 11.6 Å². The molecule has 0 saturated heterocycles. The lowest BCUT2D eigenvalue weighted by molar-refractivity contribution is 0.00409. The molecule has 0 radical (unpaired) electrons. The van der Waals surface area contributed by atoms with Gasteiger partial charge in [0.25, 0.3) is 0 Å². The summed E-state index contributed by atoms with van der Waals surface area (Å²) >= 11 is 5.81. The summed E-state index contributed by atoms with van der Waals surface area (Å²) in [7, 11) is 0. The molecule has 1 atom stereocenters. The molecule has 0 aliphatic rings. The van der Waals surface area contributed by atoms with E-state index in [1.165, 1.54) is 5.56 Å².